The fourth-order valence-corrected chi connectivity index (χ4v) is 2.45. The van der Waals surface area contributed by atoms with E-state index >= 15 is 0 Å². The maximum Gasteiger partial charge on any atom is 0.258 e. The predicted molar refractivity (Wildman–Crippen MR) is 80.6 cm³/mol. The summed E-state index contributed by atoms with van der Waals surface area (Å²) in [7, 11) is 0. The molecule has 0 saturated carbocycles. The summed E-state index contributed by atoms with van der Waals surface area (Å²) in [5, 5.41) is 3.01. The topological polar surface area (TPSA) is 58.6 Å². The number of rotatable bonds is 6. The number of piperidine rings is 1. The first-order chi connectivity index (χ1) is 10.2. The first-order valence-electron chi connectivity index (χ1n) is 7.41. The van der Waals surface area contributed by atoms with Gasteiger partial charge in [-0.1, -0.05) is 6.92 Å². The summed E-state index contributed by atoms with van der Waals surface area (Å²) in [5.74, 6) is 0.501. The minimum atomic E-state index is -0.0931. The van der Waals surface area contributed by atoms with Crippen molar-refractivity contribution in [2.24, 2.45) is 0 Å². The summed E-state index contributed by atoms with van der Waals surface area (Å²) in [5.41, 5.74) is 0.592. The van der Waals surface area contributed by atoms with E-state index in [-0.39, 0.29) is 18.6 Å². The first-order valence-corrected chi connectivity index (χ1v) is 7.41. The highest BCUT2D eigenvalue weighted by Gasteiger charge is 2.19. The van der Waals surface area contributed by atoms with E-state index in [0.717, 1.165) is 38.8 Å². The molecule has 1 aliphatic rings. The zero-order chi connectivity index (χ0) is 15.1. The van der Waals surface area contributed by atoms with Crippen LogP contribution in [0.4, 0.5) is 0 Å². The molecule has 0 spiro atoms. The molecule has 1 saturated heterocycles. The molecule has 1 amide bonds. The van der Waals surface area contributed by atoms with Crippen LogP contribution in [0.3, 0.4) is 0 Å². The lowest BCUT2D eigenvalue weighted by molar-refractivity contribution is -0.124. The van der Waals surface area contributed by atoms with E-state index in [9.17, 15) is 9.59 Å². The van der Waals surface area contributed by atoms with Crippen LogP contribution in [0.15, 0.2) is 24.3 Å². The highest BCUT2D eigenvalue weighted by Crippen LogP contribution is 2.12. The Morgan fingerprint density at radius 1 is 1.33 bits per heavy atom. The highest BCUT2D eigenvalue weighted by molar-refractivity contribution is 5.78. The quantitative estimate of drug-likeness (QED) is 0.806. The van der Waals surface area contributed by atoms with Gasteiger partial charge in [0.25, 0.3) is 5.91 Å². The average molecular weight is 290 g/mol. The Morgan fingerprint density at radius 3 is 2.57 bits per heavy atom. The molecule has 1 aromatic rings. The molecule has 0 bridgehead atoms. The van der Waals surface area contributed by atoms with Gasteiger partial charge in [0.15, 0.2) is 6.61 Å². The fourth-order valence-electron chi connectivity index (χ4n) is 2.45. The van der Waals surface area contributed by atoms with Crippen molar-refractivity contribution in [3.63, 3.8) is 0 Å². The molecule has 5 nitrogen and oxygen atoms in total. The third kappa shape index (κ3) is 4.86. The zero-order valence-electron chi connectivity index (χ0n) is 12.4. The molecular formula is C16H22N2O3. The summed E-state index contributed by atoms with van der Waals surface area (Å²) in [6.07, 6.45) is 2.76. The number of carbonyl (C=O) groups is 2. The number of ether oxygens (including phenoxy) is 1. The van der Waals surface area contributed by atoms with Crippen LogP contribution in [0, 0.1) is 0 Å². The van der Waals surface area contributed by atoms with Crippen LogP contribution in [0.2, 0.25) is 0 Å². The SMILES string of the molecule is CCN1CCC(NC(=O)COc2ccc(C=O)cc2)CC1. The molecule has 1 fully saturated rings. The van der Waals surface area contributed by atoms with Crippen LogP contribution in [0.1, 0.15) is 30.1 Å². The Bertz CT molecular complexity index is 465. The lowest BCUT2D eigenvalue weighted by atomic mass is 10.1. The molecule has 0 unspecified atom stereocenters. The van der Waals surface area contributed by atoms with Crippen molar-refractivity contribution in [1.82, 2.24) is 10.2 Å². The Labute approximate surface area is 125 Å². The maximum absolute atomic E-state index is 11.9. The van der Waals surface area contributed by atoms with E-state index in [0.29, 0.717) is 11.3 Å². The molecule has 0 atom stereocenters. The number of benzene rings is 1. The van der Waals surface area contributed by atoms with E-state index < -0.39 is 0 Å². The first kappa shape index (κ1) is 15.5. The standard InChI is InChI=1S/C16H22N2O3/c1-2-18-9-7-14(8-10-18)17-16(20)12-21-15-5-3-13(11-19)4-6-15/h3-6,11,14H,2,7-10,12H2,1H3,(H,17,20). The second kappa shape index (κ2) is 7.78. The van der Waals surface area contributed by atoms with Crippen molar-refractivity contribution in [1.29, 1.82) is 0 Å². The van der Waals surface area contributed by atoms with Gasteiger partial charge in [-0.3, -0.25) is 9.59 Å². The molecule has 0 aliphatic carbocycles. The molecule has 0 radical (unpaired) electrons. The van der Waals surface area contributed by atoms with Crippen molar-refractivity contribution >= 4 is 12.2 Å². The van der Waals surface area contributed by atoms with E-state index in [1.807, 2.05) is 0 Å². The molecule has 5 heteroatoms. The van der Waals surface area contributed by atoms with Gasteiger partial charge >= 0.3 is 0 Å². The van der Waals surface area contributed by atoms with E-state index in [1.165, 1.54) is 0 Å². The summed E-state index contributed by atoms with van der Waals surface area (Å²) < 4.78 is 5.41. The van der Waals surface area contributed by atoms with Crippen molar-refractivity contribution in [2.45, 2.75) is 25.8 Å². The van der Waals surface area contributed by atoms with E-state index in [1.54, 1.807) is 24.3 Å². The van der Waals surface area contributed by atoms with Crippen molar-refractivity contribution in [3.05, 3.63) is 29.8 Å². The van der Waals surface area contributed by atoms with Gasteiger partial charge in [-0.15, -0.1) is 0 Å². The van der Waals surface area contributed by atoms with Crippen molar-refractivity contribution < 1.29 is 14.3 Å². The molecule has 114 valence electrons. The number of nitrogens with one attached hydrogen (secondary N) is 1. The van der Waals surface area contributed by atoms with Gasteiger partial charge < -0.3 is 15.0 Å². The molecule has 1 N–H and O–H groups in total. The van der Waals surface area contributed by atoms with E-state index in [2.05, 4.69) is 17.1 Å². The minimum Gasteiger partial charge on any atom is -0.484 e. The molecule has 1 aromatic carbocycles. The number of hydrogen-bond donors (Lipinski definition) is 1. The summed E-state index contributed by atoms with van der Waals surface area (Å²) in [6.45, 7) is 5.31. The van der Waals surface area contributed by atoms with Gasteiger partial charge in [0.05, 0.1) is 0 Å². The second-order valence-corrected chi connectivity index (χ2v) is 5.25. The van der Waals surface area contributed by atoms with Crippen LogP contribution < -0.4 is 10.1 Å². The third-order valence-corrected chi connectivity index (χ3v) is 3.79. The largest absolute Gasteiger partial charge is 0.484 e. The zero-order valence-corrected chi connectivity index (χ0v) is 12.4. The second-order valence-electron chi connectivity index (χ2n) is 5.25. The number of nitrogens with zero attached hydrogens (tertiary/aromatic N) is 1. The van der Waals surface area contributed by atoms with Crippen LogP contribution in [0.5, 0.6) is 5.75 Å². The number of likely N-dealkylation sites (tertiary alicyclic amines) is 1. The van der Waals surface area contributed by atoms with Gasteiger partial charge in [-0.05, 0) is 43.7 Å². The predicted octanol–water partition coefficient (Wildman–Crippen LogP) is 1.48. The minimum absolute atomic E-state index is 0.00836. The Kier molecular flexibility index (Phi) is 5.75. The molecule has 1 aliphatic heterocycles. The molecule has 0 aromatic heterocycles. The van der Waals surface area contributed by atoms with Crippen molar-refractivity contribution in [2.75, 3.05) is 26.2 Å². The van der Waals surface area contributed by atoms with Gasteiger partial charge in [0.1, 0.15) is 12.0 Å². The molecule has 2 rings (SSSR count). The number of carbonyl (C=O) groups excluding carboxylic acids is 2. The smallest absolute Gasteiger partial charge is 0.258 e. The summed E-state index contributed by atoms with van der Waals surface area (Å²) in [4.78, 5) is 24.8. The Morgan fingerprint density at radius 2 is 2.00 bits per heavy atom. The highest BCUT2D eigenvalue weighted by atomic mass is 16.5. The Balaban J connectivity index is 1.71. The maximum atomic E-state index is 11.9. The van der Waals surface area contributed by atoms with Gasteiger partial charge in [-0.25, -0.2) is 0 Å². The summed E-state index contributed by atoms with van der Waals surface area (Å²) in [6, 6.07) is 6.97. The number of amides is 1. The van der Waals surface area contributed by atoms with Crippen LogP contribution in [-0.4, -0.2) is 49.4 Å². The average Bonchev–Trinajstić information content (AvgIpc) is 2.54. The number of aldehydes is 1. The number of hydrogen-bond acceptors (Lipinski definition) is 4. The monoisotopic (exact) mass is 290 g/mol. The van der Waals surface area contributed by atoms with E-state index in [4.69, 9.17) is 4.74 Å². The lowest BCUT2D eigenvalue weighted by Crippen LogP contribution is -2.45. The van der Waals surface area contributed by atoms with Gasteiger partial charge in [0, 0.05) is 24.7 Å². The lowest BCUT2D eigenvalue weighted by Gasteiger charge is -2.31. The summed E-state index contributed by atoms with van der Waals surface area (Å²) >= 11 is 0. The molecule has 21 heavy (non-hydrogen) atoms. The van der Waals surface area contributed by atoms with Gasteiger partial charge in [0.2, 0.25) is 0 Å². The van der Waals surface area contributed by atoms with Crippen molar-refractivity contribution in [3.8, 4) is 5.75 Å². The van der Waals surface area contributed by atoms with Crippen LogP contribution in [0.25, 0.3) is 0 Å². The normalized spacial score (nSPS) is 16.4. The van der Waals surface area contributed by atoms with Crippen LogP contribution >= 0.6 is 0 Å². The Hall–Kier alpha value is -1.88. The van der Waals surface area contributed by atoms with Crippen LogP contribution in [-0.2, 0) is 4.79 Å². The molecule has 1 heterocycles. The third-order valence-electron chi connectivity index (χ3n) is 3.79. The molecular weight excluding hydrogens is 268 g/mol. The van der Waals surface area contributed by atoms with Gasteiger partial charge in [-0.2, -0.15) is 0 Å². The fraction of sp³-hybridized carbons (Fsp3) is 0.500.